The molecule has 0 saturated heterocycles. The van der Waals surface area contributed by atoms with Crippen LogP contribution in [0.5, 0.6) is 0 Å². The van der Waals surface area contributed by atoms with Gasteiger partial charge in [0.2, 0.25) is 0 Å². The zero-order valence-corrected chi connectivity index (χ0v) is 24.1. The molecule has 0 spiro atoms. The minimum absolute atomic E-state index is 0.0136. The molecule has 11 atom stereocenters. The maximum atomic E-state index is 12.9. The molecule has 0 aromatic carbocycles. The highest BCUT2D eigenvalue weighted by Crippen LogP contribution is 2.75. The van der Waals surface area contributed by atoms with E-state index in [-0.39, 0.29) is 28.1 Å². The first-order valence-corrected chi connectivity index (χ1v) is 14.8. The molecule has 5 rings (SSSR count). The van der Waals surface area contributed by atoms with E-state index in [0.717, 1.165) is 37.5 Å². The van der Waals surface area contributed by atoms with Crippen LogP contribution in [0.2, 0.25) is 0 Å². The Bertz CT molecular complexity index is 985. The highest BCUT2D eigenvalue weighted by Gasteiger charge is 2.70. The smallest absolute Gasteiger partial charge is 0.313 e. The number of esters is 1. The maximum absolute atomic E-state index is 12.9. The highest BCUT2D eigenvalue weighted by molar-refractivity contribution is 5.77. The van der Waals surface area contributed by atoms with Gasteiger partial charge in [-0.25, -0.2) is 0 Å². The van der Waals surface area contributed by atoms with Crippen molar-refractivity contribution < 1.29 is 19.4 Å². The molecule has 0 radical (unpaired) electrons. The van der Waals surface area contributed by atoms with Crippen LogP contribution in [-0.2, 0) is 14.3 Å². The summed E-state index contributed by atoms with van der Waals surface area (Å²) in [7, 11) is 0. The Labute approximate surface area is 219 Å². The van der Waals surface area contributed by atoms with Crippen LogP contribution in [-0.4, -0.2) is 23.1 Å². The van der Waals surface area contributed by atoms with Crippen LogP contribution in [0.25, 0.3) is 0 Å². The number of hydrogen-bond donors (Lipinski definition) is 1. The maximum Gasteiger partial charge on any atom is 0.313 e. The van der Waals surface area contributed by atoms with Crippen molar-refractivity contribution in [1.29, 1.82) is 0 Å². The van der Waals surface area contributed by atoms with E-state index in [4.69, 9.17) is 4.74 Å². The molecule has 4 saturated carbocycles. The van der Waals surface area contributed by atoms with Crippen LogP contribution in [0.15, 0.2) is 11.6 Å². The Hall–Kier alpha value is -1.32. The van der Waals surface area contributed by atoms with E-state index in [1.807, 2.05) is 6.92 Å². The van der Waals surface area contributed by atoms with Crippen LogP contribution < -0.4 is 0 Å². The molecule has 4 heteroatoms. The molecule has 1 N–H and O–H groups in total. The molecule has 0 aliphatic heterocycles. The SMILES string of the molecule is CC(=O)O[C@H]1CC[C@@]2(C)[C@@H](CC[C@]3(C)[C@@H]2CC=C2[C@@H]4[C@@H](C)[C@H](C)CC[C@]4(C)CC[C@]23C)[C@@]1(C)C(=O)O. The normalized spacial score (nSPS) is 54.2. The minimum atomic E-state index is -1.04. The van der Waals surface area contributed by atoms with E-state index in [1.165, 1.54) is 32.6 Å². The summed E-state index contributed by atoms with van der Waals surface area (Å²) in [6.07, 6.45) is 12.0. The summed E-state index contributed by atoms with van der Waals surface area (Å²) in [6.45, 7) is 18.4. The second kappa shape index (κ2) is 8.09. The zero-order chi connectivity index (χ0) is 26.5. The number of hydrogen-bond acceptors (Lipinski definition) is 3. The molecular weight excluding hydrogens is 448 g/mol. The van der Waals surface area contributed by atoms with Gasteiger partial charge >= 0.3 is 11.9 Å². The zero-order valence-electron chi connectivity index (χ0n) is 24.1. The van der Waals surface area contributed by atoms with E-state index in [0.29, 0.717) is 23.7 Å². The van der Waals surface area contributed by atoms with Crippen LogP contribution in [0.3, 0.4) is 0 Å². The monoisotopic (exact) mass is 498 g/mol. The minimum Gasteiger partial charge on any atom is -0.481 e. The molecule has 0 heterocycles. The third-order valence-electron chi connectivity index (χ3n) is 13.8. The van der Waals surface area contributed by atoms with Crippen LogP contribution in [0.1, 0.15) is 113 Å². The summed E-state index contributed by atoms with van der Waals surface area (Å²) >= 11 is 0. The van der Waals surface area contributed by atoms with Crippen molar-refractivity contribution in [2.24, 2.45) is 56.7 Å². The lowest BCUT2D eigenvalue weighted by atomic mass is 9.33. The molecule has 5 aliphatic rings. The summed E-state index contributed by atoms with van der Waals surface area (Å²) in [6, 6.07) is 0. The first-order chi connectivity index (χ1) is 16.6. The molecule has 202 valence electrons. The van der Waals surface area contributed by atoms with Gasteiger partial charge in [-0.05, 0) is 116 Å². The van der Waals surface area contributed by atoms with E-state index >= 15 is 0 Å². The molecule has 0 bridgehead atoms. The quantitative estimate of drug-likeness (QED) is 0.313. The lowest BCUT2D eigenvalue weighted by Crippen LogP contribution is -2.66. The molecular formula is C32H50O4. The summed E-state index contributed by atoms with van der Waals surface area (Å²) < 4.78 is 5.69. The van der Waals surface area contributed by atoms with Crippen molar-refractivity contribution in [3.63, 3.8) is 0 Å². The average Bonchev–Trinajstić information content (AvgIpc) is 2.79. The van der Waals surface area contributed by atoms with Gasteiger partial charge in [0, 0.05) is 6.92 Å². The molecule has 36 heavy (non-hydrogen) atoms. The van der Waals surface area contributed by atoms with Gasteiger partial charge < -0.3 is 9.84 Å². The Kier molecular flexibility index (Phi) is 5.91. The predicted molar refractivity (Wildman–Crippen MR) is 142 cm³/mol. The average molecular weight is 499 g/mol. The molecule has 0 aromatic heterocycles. The lowest BCUT2D eigenvalue weighted by Gasteiger charge is -2.71. The molecule has 0 amide bonds. The van der Waals surface area contributed by atoms with Crippen LogP contribution in [0.4, 0.5) is 0 Å². The van der Waals surface area contributed by atoms with Gasteiger partial charge in [0.05, 0.1) is 0 Å². The number of fused-ring (bicyclic) bond motifs is 7. The van der Waals surface area contributed by atoms with Gasteiger partial charge in [0.25, 0.3) is 0 Å². The predicted octanol–water partition coefficient (Wildman–Crippen LogP) is 7.66. The number of aliphatic carboxylic acids is 1. The number of carboxylic acid groups (broad SMARTS) is 1. The van der Waals surface area contributed by atoms with E-state index < -0.39 is 17.5 Å². The first-order valence-electron chi connectivity index (χ1n) is 14.8. The number of ether oxygens (including phenoxy) is 1. The number of carbonyl (C=O) groups is 2. The van der Waals surface area contributed by atoms with Gasteiger partial charge in [-0.3, -0.25) is 9.59 Å². The Balaban J connectivity index is 1.57. The largest absolute Gasteiger partial charge is 0.481 e. The van der Waals surface area contributed by atoms with Crippen molar-refractivity contribution in [1.82, 2.24) is 0 Å². The molecule has 0 aromatic rings. The van der Waals surface area contributed by atoms with Crippen molar-refractivity contribution in [2.45, 2.75) is 119 Å². The van der Waals surface area contributed by atoms with Gasteiger partial charge in [-0.1, -0.05) is 53.2 Å². The summed E-state index contributed by atoms with van der Waals surface area (Å²) in [5, 5.41) is 10.5. The van der Waals surface area contributed by atoms with E-state index in [1.54, 1.807) is 5.57 Å². The van der Waals surface area contributed by atoms with E-state index in [2.05, 4.69) is 47.6 Å². The summed E-state index contributed by atoms with van der Waals surface area (Å²) in [5.41, 5.74) is 1.40. The molecule has 4 fully saturated rings. The van der Waals surface area contributed by atoms with Gasteiger partial charge in [0.1, 0.15) is 11.5 Å². The Morgan fingerprint density at radius 2 is 1.61 bits per heavy atom. The second-order valence-corrected chi connectivity index (χ2v) is 15.0. The number of allylic oxidation sites excluding steroid dienone is 2. The molecule has 0 unspecified atom stereocenters. The fraction of sp³-hybridized carbons (Fsp3) is 0.875. The molecule has 5 aliphatic carbocycles. The summed E-state index contributed by atoms with van der Waals surface area (Å²) in [4.78, 5) is 24.8. The van der Waals surface area contributed by atoms with Crippen molar-refractivity contribution in [2.75, 3.05) is 0 Å². The highest BCUT2D eigenvalue weighted by atomic mass is 16.5. The van der Waals surface area contributed by atoms with Crippen molar-refractivity contribution >= 4 is 11.9 Å². The number of rotatable bonds is 2. The molecule has 4 nitrogen and oxygen atoms in total. The van der Waals surface area contributed by atoms with E-state index in [9.17, 15) is 14.7 Å². The lowest BCUT2D eigenvalue weighted by molar-refractivity contribution is -0.223. The van der Waals surface area contributed by atoms with Gasteiger partial charge in [-0.15, -0.1) is 0 Å². The summed E-state index contributed by atoms with van der Waals surface area (Å²) in [5.74, 6) is 1.47. The first kappa shape index (κ1) is 26.3. The Morgan fingerprint density at radius 1 is 0.917 bits per heavy atom. The number of carbonyl (C=O) groups excluding carboxylic acids is 1. The van der Waals surface area contributed by atoms with Crippen LogP contribution >= 0.6 is 0 Å². The fourth-order valence-electron chi connectivity index (χ4n) is 11.2. The fourth-order valence-corrected chi connectivity index (χ4v) is 11.2. The van der Waals surface area contributed by atoms with Gasteiger partial charge in [0.15, 0.2) is 0 Å². The third kappa shape index (κ3) is 3.17. The van der Waals surface area contributed by atoms with Crippen molar-refractivity contribution in [3.05, 3.63) is 11.6 Å². The second-order valence-electron chi connectivity index (χ2n) is 15.0. The van der Waals surface area contributed by atoms with Crippen LogP contribution in [0, 0.1) is 56.7 Å². The topological polar surface area (TPSA) is 63.6 Å². The van der Waals surface area contributed by atoms with Gasteiger partial charge in [-0.2, -0.15) is 0 Å². The number of carboxylic acids is 1. The third-order valence-corrected chi connectivity index (χ3v) is 13.8. The standard InChI is InChI=1S/C32H50O4/c1-19-11-14-28(4)17-18-30(6)22(26(28)20(19)2)9-10-23-29(5)15-13-25(36-21(3)33)32(8,27(34)35)24(29)12-16-31(23,30)7/h9,19-20,23-26H,10-18H2,1-8H3,(H,34,35)/t19-,20+,23-,24-,25+,26+,28-,29-,30-,31-,32-/m1/s1. The van der Waals surface area contributed by atoms with Crippen molar-refractivity contribution in [3.8, 4) is 0 Å². The Morgan fingerprint density at radius 3 is 2.25 bits per heavy atom.